The minimum atomic E-state index is -1.15. The summed E-state index contributed by atoms with van der Waals surface area (Å²) in [6, 6.07) is 11.8. The molecule has 8 nitrogen and oxygen atoms in total. The first kappa shape index (κ1) is 23.0. The largest absolute Gasteiger partial charge is 0.481 e. The summed E-state index contributed by atoms with van der Waals surface area (Å²) in [5.74, 6) is -2.06. The second-order valence-corrected chi connectivity index (χ2v) is 8.92. The van der Waals surface area contributed by atoms with Gasteiger partial charge in [-0.2, -0.15) is 0 Å². The molecule has 2 aromatic carbocycles. The first-order valence-corrected chi connectivity index (χ1v) is 11.1. The molecule has 0 atom stereocenters. The average molecular weight is 570 g/mol. The Kier molecular flexibility index (Phi) is 7.52. The molecular formula is C20H14Br2N2O6S. The Morgan fingerprint density at radius 3 is 2.61 bits per heavy atom. The predicted octanol–water partition coefficient (Wildman–Crippen LogP) is 4.35. The Bertz CT molecular complexity index is 1100. The van der Waals surface area contributed by atoms with Crippen LogP contribution < -0.4 is 10.1 Å². The molecule has 1 aliphatic heterocycles. The fourth-order valence-corrected chi connectivity index (χ4v) is 4.17. The van der Waals surface area contributed by atoms with E-state index in [2.05, 4.69) is 37.2 Å². The van der Waals surface area contributed by atoms with Gasteiger partial charge in [-0.25, -0.2) is 4.79 Å². The van der Waals surface area contributed by atoms with E-state index in [-0.39, 0.29) is 10.7 Å². The molecule has 31 heavy (non-hydrogen) atoms. The molecule has 1 saturated heterocycles. The van der Waals surface area contributed by atoms with Gasteiger partial charge in [-0.1, -0.05) is 28.1 Å². The SMILES string of the molecule is O=C(O)COc1ccc(Br)cc1/C=C1/SC(=O)N(CC(=O)Nc2ccccc2Br)C1=O. The summed E-state index contributed by atoms with van der Waals surface area (Å²) in [7, 11) is 0. The van der Waals surface area contributed by atoms with E-state index < -0.39 is 36.2 Å². The smallest absolute Gasteiger partial charge is 0.341 e. The molecule has 1 heterocycles. The minimum Gasteiger partial charge on any atom is -0.481 e. The number of para-hydroxylation sites is 1. The van der Waals surface area contributed by atoms with Gasteiger partial charge in [0.2, 0.25) is 5.91 Å². The number of carbonyl (C=O) groups is 4. The lowest BCUT2D eigenvalue weighted by Crippen LogP contribution is -2.36. The zero-order chi connectivity index (χ0) is 22.5. The van der Waals surface area contributed by atoms with E-state index in [0.29, 0.717) is 32.0 Å². The summed E-state index contributed by atoms with van der Waals surface area (Å²) in [5, 5.41) is 10.9. The van der Waals surface area contributed by atoms with Gasteiger partial charge in [0.1, 0.15) is 12.3 Å². The number of halogens is 2. The number of benzene rings is 2. The highest BCUT2D eigenvalue weighted by Crippen LogP contribution is 2.35. The van der Waals surface area contributed by atoms with Gasteiger partial charge in [0.25, 0.3) is 11.1 Å². The van der Waals surface area contributed by atoms with Crippen LogP contribution in [-0.4, -0.2) is 46.2 Å². The molecule has 0 bridgehead atoms. The number of hydrogen-bond donors (Lipinski definition) is 2. The second kappa shape index (κ2) is 10.1. The molecule has 0 saturated carbocycles. The molecule has 1 fully saturated rings. The van der Waals surface area contributed by atoms with Crippen LogP contribution in [0.1, 0.15) is 5.56 Å². The highest BCUT2D eigenvalue weighted by Gasteiger charge is 2.36. The van der Waals surface area contributed by atoms with E-state index >= 15 is 0 Å². The van der Waals surface area contributed by atoms with E-state index in [1.807, 2.05) is 0 Å². The van der Waals surface area contributed by atoms with Crippen molar-refractivity contribution in [3.63, 3.8) is 0 Å². The molecule has 0 radical (unpaired) electrons. The fraction of sp³-hybridized carbons (Fsp3) is 0.100. The third kappa shape index (κ3) is 5.96. The maximum atomic E-state index is 12.7. The molecule has 11 heteroatoms. The van der Waals surface area contributed by atoms with Crippen LogP contribution in [0, 0.1) is 0 Å². The van der Waals surface area contributed by atoms with Crippen molar-refractivity contribution in [1.29, 1.82) is 0 Å². The molecule has 0 aliphatic carbocycles. The number of aliphatic carboxylic acids is 1. The van der Waals surface area contributed by atoms with Gasteiger partial charge in [-0.3, -0.25) is 19.3 Å². The van der Waals surface area contributed by atoms with Gasteiger partial charge in [-0.15, -0.1) is 0 Å². The topological polar surface area (TPSA) is 113 Å². The van der Waals surface area contributed by atoms with E-state index in [9.17, 15) is 19.2 Å². The monoisotopic (exact) mass is 568 g/mol. The van der Waals surface area contributed by atoms with E-state index in [0.717, 1.165) is 4.90 Å². The number of carboxylic acids is 1. The molecule has 1 aliphatic rings. The third-order valence-corrected chi connectivity index (χ3v) is 6.02. The zero-order valence-electron chi connectivity index (χ0n) is 15.6. The summed E-state index contributed by atoms with van der Waals surface area (Å²) in [6.07, 6.45) is 1.43. The fourth-order valence-electron chi connectivity index (χ4n) is 2.58. The number of ether oxygens (including phenoxy) is 1. The van der Waals surface area contributed by atoms with Gasteiger partial charge in [-0.05, 0) is 64.1 Å². The highest BCUT2D eigenvalue weighted by atomic mass is 79.9. The Balaban J connectivity index is 1.76. The summed E-state index contributed by atoms with van der Waals surface area (Å²) in [6.45, 7) is -0.997. The van der Waals surface area contributed by atoms with Crippen LogP contribution >= 0.6 is 43.6 Å². The number of imide groups is 1. The first-order valence-electron chi connectivity index (χ1n) is 8.68. The number of amides is 3. The van der Waals surface area contributed by atoms with Gasteiger partial charge in [0.15, 0.2) is 6.61 Å². The van der Waals surface area contributed by atoms with Gasteiger partial charge in [0.05, 0.1) is 10.6 Å². The summed E-state index contributed by atoms with van der Waals surface area (Å²) in [5.41, 5.74) is 0.933. The van der Waals surface area contributed by atoms with E-state index in [4.69, 9.17) is 9.84 Å². The van der Waals surface area contributed by atoms with Gasteiger partial charge in [0, 0.05) is 14.5 Å². The lowest BCUT2D eigenvalue weighted by atomic mass is 10.2. The number of nitrogens with zero attached hydrogens (tertiary/aromatic N) is 1. The van der Waals surface area contributed by atoms with Gasteiger partial charge >= 0.3 is 5.97 Å². The highest BCUT2D eigenvalue weighted by molar-refractivity contribution is 9.10. The van der Waals surface area contributed by atoms with Crippen molar-refractivity contribution >= 4 is 78.4 Å². The Morgan fingerprint density at radius 2 is 1.90 bits per heavy atom. The normalized spacial score (nSPS) is 14.8. The van der Waals surface area contributed by atoms with Crippen molar-refractivity contribution in [2.45, 2.75) is 0 Å². The quantitative estimate of drug-likeness (QED) is 0.477. The summed E-state index contributed by atoms with van der Waals surface area (Å²) in [4.78, 5) is 49.1. The van der Waals surface area contributed by atoms with Crippen molar-refractivity contribution in [2.75, 3.05) is 18.5 Å². The number of carboxylic acid groups (broad SMARTS) is 1. The van der Waals surface area contributed by atoms with Crippen molar-refractivity contribution in [3.05, 3.63) is 61.9 Å². The lowest BCUT2D eigenvalue weighted by molar-refractivity contribution is -0.139. The number of carbonyl (C=O) groups excluding carboxylic acids is 3. The molecule has 2 N–H and O–H groups in total. The van der Waals surface area contributed by atoms with Gasteiger partial charge < -0.3 is 15.2 Å². The predicted molar refractivity (Wildman–Crippen MR) is 123 cm³/mol. The molecule has 160 valence electrons. The summed E-state index contributed by atoms with van der Waals surface area (Å²) >= 11 is 7.31. The van der Waals surface area contributed by atoms with Crippen molar-refractivity contribution in [2.24, 2.45) is 0 Å². The van der Waals surface area contributed by atoms with Crippen molar-refractivity contribution in [3.8, 4) is 5.75 Å². The minimum absolute atomic E-state index is 0.0944. The molecule has 3 rings (SSSR count). The van der Waals surface area contributed by atoms with Crippen LogP contribution in [0.15, 0.2) is 56.3 Å². The molecule has 3 amide bonds. The molecule has 0 aromatic heterocycles. The number of nitrogens with one attached hydrogen (secondary N) is 1. The average Bonchev–Trinajstić information content (AvgIpc) is 2.96. The molecule has 0 unspecified atom stereocenters. The third-order valence-electron chi connectivity index (χ3n) is 3.93. The van der Waals surface area contributed by atoms with Crippen molar-refractivity contribution < 1.29 is 29.0 Å². The number of rotatable bonds is 7. The van der Waals surface area contributed by atoms with E-state index in [1.165, 1.54) is 6.08 Å². The van der Waals surface area contributed by atoms with Crippen LogP contribution in [0.3, 0.4) is 0 Å². The Labute approximate surface area is 197 Å². The van der Waals surface area contributed by atoms with Crippen LogP contribution in [0.5, 0.6) is 5.75 Å². The number of thioether (sulfide) groups is 1. The molecule has 2 aromatic rings. The lowest BCUT2D eigenvalue weighted by Gasteiger charge is -2.13. The van der Waals surface area contributed by atoms with E-state index in [1.54, 1.807) is 42.5 Å². The van der Waals surface area contributed by atoms with Crippen LogP contribution in [0.25, 0.3) is 6.08 Å². The second-order valence-electron chi connectivity index (χ2n) is 6.16. The Hall–Kier alpha value is -2.63. The number of anilines is 1. The van der Waals surface area contributed by atoms with Crippen molar-refractivity contribution in [1.82, 2.24) is 4.90 Å². The zero-order valence-corrected chi connectivity index (χ0v) is 19.6. The maximum Gasteiger partial charge on any atom is 0.341 e. The Morgan fingerprint density at radius 1 is 1.16 bits per heavy atom. The maximum absolute atomic E-state index is 12.7. The first-order chi connectivity index (χ1) is 14.7. The molecular weight excluding hydrogens is 556 g/mol. The summed E-state index contributed by atoms with van der Waals surface area (Å²) < 4.78 is 6.58. The standard InChI is InChI=1S/C20H14Br2N2O6S/c21-12-5-6-15(30-10-18(26)27)11(7-12)8-16-19(28)24(20(29)31-16)9-17(25)23-14-4-2-1-3-13(14)22/h1-8H,9-10H2,(H,23,25)(H,26,27)/b16-8+. The van der Waals surface area contributed by atoms with Crippen LogP contribution in [0.4, 0.5) is 10.5 Å². The molecule has 0 spiro atoms. The number of hydrogen-bond acceptors (Lipinski definition) is 6. The van der Waals surface area contributed by atoms with Crippen LogP contribution in [0.2, 0.25) is 0 Å². The van der Waals surface area contributed by atoms with Crippen LogP contribution in [-0.2, 0) is 14.4 Å².